The van der Waals surface area contributed by atoms with Crippen LogP contribution in [-0.2, 0) is 0 Å². The molecule has 0 fully saturated rings. The summed E-state index contributed by atoms with van der Waals surface area (Å²) in [5, 5.41) is 5.01. The number of ketones is 1. The van der Waals surface area contributed by atoms with Crippen molar-refractivity contribution in [3.05, 3.63) is 29.8 Å². The van der Waals surface area contributed by atoms with Gasteiger partial charge in [-0.15, -0.1) is 0 Å². The highest BCUT2D eigenvalue weighted by Crippen LogP contribution is 2.10. The van der Waals surface area contributed by atoms with Crippen molar-refractivity contribution in [1.82, 2.24) is 5.32 Å². The van der Waals surface area contributed by atoms with Crippen LogP contribution in [0.5, 0.6) is 0 Å². The Morgan fingerprint density at radius 2 is 2.00 bits per heavy atom. The molecule has 0 unspecified atom stereocenters. The fraction of sp³-hybridized carbons (Fsp3) is 0.200. The van der Waals surface area contributed by atoms with E-state index in [0.29, 0.717) is 11.3 Å². The van der Waals surface area contributed by atoms with Gasteiger partial charge in [0.25, 0.3) is 0 Å². The third-order valence-electron chi connectivity index (χ3n) is 1.75. The summed E-state index contributed by atoms with van der Waals surface area (Å²) in [7, 11) is 1.53. The Balaban J connectivity index is 2.83. The summed E-state index contributed by atoms with van der Waals surface area (Å²) in [5.74, 6) is -0.0226. The normalized spacial score (nSPS) is 9.29. The van der Waals surface area contributed by atoms with Gasteiger partial charge in [0.1, 0.15) is 0 Å². The van der Waals surface area contributed by atoms with Crippen molar-refractivity contribution in [3.8, 4) is 0 Å². The van der Waals surface area contributed by atoms with Crippen molar-refractivity contribution < 1.29 is 9.59 Å². The Bertz CT molecular complexity index is 361. The zero-order chi connectivity index (χ0) is 10.6. The molecule has 2 amide bonds. The largest absolute Gasteiger partial charge is 0.341 e. The number of carbonyl (C=O) groups excluding carboxylic acids is 2. The number of amides is 2. The van der Waals surface area contributed by atoms with E-state index >= 15 is 0 Å². The van der Waals surface area contributed by atoms with Gasteiger partial charge in [-0.1, -0.05) is 12.1 Å². The van der Waals surface area contributed by atoms with Gasteiger partial charge in [-0.05, 0) is 19.1 Å². The first-order chi connectivity index (χ1) is 6.63. The topological polar surface area (TPSA) is 58.2 Å². The van der Waals surface area contributed by atoms with Crippen LogP contribution in [0.3, 0.4) is 0 Å². The number of carbonyl (C=O) groups is 2. The maximum atomic E-state index is 11.0. The molecule has 0 aromatic heterocycles. The predicted octanol–water partition coefficient (Wildman–Crippen LogP) is 1.64. The molecule has 0 radical (unpaired) electrons. The number of nitrogens with one attached hydrogen (secondary N) is 2. The van der Waals surface area contributed by atoms with Crippen LogP contribution in [0.15, 0.2) is 24.3 Å². The van der Waals surface area contributed by atoms with E-state index in [0.717, 1.165) is 0 Å². The molecule has 1 aromatic carbocycles. The number of urea groups is 1. The quantitative estimate of drug-likeness (QED) is 0.700. The van der Waals surface area contributed by atoms with Crippen LogP contribution in [0, 0.1) is 0 Å². The van der Waals surface area contributed by atoms with Gasteiger partial charge in [0, 0.05) is 18.3 Å². The number of anilines is 1. The zero-order valence-corrected chi connectivity index (χ0v) is 8.13. The van der Waals surface area contributed by atoms with E-state index in [1.54, 1.807) is 24.3 Å². The molecule has 0 spiro atoms. The lowest BCUT2D eigenvalue weighted by atomic mass is 10.1. The Morgan fingerprint density at radius 3 is 2.57 bits per heavy atom. The number of hydrogen-bond donors (Lipinski definition) is 2. The molecule has 2 N–H and O–H groups in total. The van der Waals surface area contributed by atoms with Crippen LogP contribution < -0.4 is 10.6 Å². The lowest BCUT2D eigenvalue weighted by Gasteiger charge is -2.04. The van der Waals surface area contributed by atoms with Crippen molar-refractivity contribution in [3.63, 3.8) is 0 Å². The van der Waals surface area contributed by atoms with Crippen molar-refractivity contribution in [1.29, 1.82) is 0 Å². The van der Waals surface area contributed by atoms with Crippen LogP contribution in [-0.4, -0.2) is 18.9 Å². The molecule has 1 rings (SSSR count). The maximum Gasteiger partial charge on any atom is 0.318 e. The number of rotatable bonds is 2. The van der Waals surface area contributed by atoms with Gasteiger partial charge in [-0.25, -0.2) is 4.79 Å². The van der Waals surface area contributed by atoms with Gasteiger partial charge in [0.15, 0.2) is 5.78 Å². The molecule has 0 aliphatic rings. The second kappa shape index (κ2) is 4.41. The molecule has 0 saturated heterocycles. The van der Waals surface area contributed by atoms with E-state index in [9.17, 15) is 9.59 Å². The molecule has 0 saturated carbocycles. The standard InChI is InChI=1S/C10H12N2O2/c1-7(13)8-4-3-5-9(6-8)12-10(14)11-2/h3-6H,1-2H3,(H2,11,12,14). The minimum atomic E-state index is -0.300. The van der Waals surface area contributed by atoms with E-state index in [2.05, 4.69) is 10.6 Å². The van der Waals surface area contributed by atoms with Gasteiger partial charge in [0.05, 0.1) is 0 Å². The molecule has 14 heavy (non-hydrogen) atoms. The summed E-state index contributed by atoms with van der Waals surface area (Å²) in [5.41, 5.74) is 1.19. The first kappa shape index (κ1) is 10.2. The van der Waals surface area contributed by atoms with Crippen LogP contribution in [0.4, 0.5) is 10.5 Å². The average molecular weight is 192 g/mol. The fourth-order valence-corrected chi connectivity index (χ4v) is 1.01. The van der Waals surface area contributed by atoms with Gasteiger partial charge >= 0.3 is 6.03 Å². The molecular weight excluding hydrogens is 180 g/mol. The Kier molecular flexibility index (Phi) is 3.23. The van der Waals surface area contributed by atoms with Crippen molar-refractivity contribution in [2.24, 2.45) is 0 Å². The highest BCUT2D eigenvalue weighted by molar-refractivity contribution is 5.96. The molecule has 1 aromatic rings. The number of benzene rings is 1. The van der Waals surface area contributed by atoms with Gasteiger partial charge in [-0.3, -0.25) is 4.79 Å². The predicted molar refractivity (Wildman–Crippen MR) is 54.5 cm³/mol. The zero-order valence-electron chi connectivity index (χ0n) is 8.13. The Morgan fingerprint density at radius 1 is 1.29 bits per heavy atom. The minimum Gasteiger partial charge on any atom is -0.341 e. The second-order valence-corrected chi connectivity index (χ2v) is 2.84. The third-order valence-corrected chi connectivity index (χ3v) is 1.75. The molecule has 0 bridgehead atoms. The van der Waals surface area contributed by atoms with Crippen molar-refractivity contribution >= 4 is 17.5 Å². The lowest BCUT2D eigenvalue weighted by molar-refractivity contribution is 0.101. The third kappa shape index (κ3) is 2.58. The Hall–Kier alpha value is -1.84. The summed E-state index contributed by atoms with van der Waals surface area (Å²) >= 11 is 0. The van der Waals surface area contributed by atoms with Crippen LogP contribution in [0.1, 0.15) is 17.3 Å². The number of Topliss-reactive ketones (excluding diaryl/α,β-unsaturated/α-hetero) is 1. The Labute approximate surface area is 82.3 Å². The summed E-state index contributed by atoms with van der Waals surface area (Å²) < 4.78 is 0. The first-order valence-corrected chi connectivity index (χ1v) is 4.23. The van der Waals surface area contributed by atoms with E-state index in [4.69, 9.17) is 0 Å². The molecule has 0 atom stereocenters. The lowest BCUT2D eigenvalue weighted by Crippen LogP contribution is -2.24. The summed E-state index contributed by atoms with van der Waals surface area (Å²) in [6.07, 6.45) is 0. The van der Waals surface area contributed by atoms with E-state index < -0.39 is 0 Å². The van der Waals surface area contributed by atoms with Gasteiger partial charge in [-0.2, -0.15) is 0 Å². The molecule has 4 heteroatoms. The molecular formula is C10H12N2O2. The number of hydrogen-bond acceptors (Lipinski definition) is 2. The summed E-state index contributed by atoms with van der Waals surface area (Å²) in [4.78, 5) is 22.0. The first-order valence-electron chi connectivity index (χ1n) is 4.23. The van der Waals surface area contributed by atoms with Crippen LogP contribution in [0.25, 0.3) is 0 Å². The van der Waals surface area contributed by atoms with E-state index in [-0.39, 0.29) is 11.8 Å². The highest BCUT2D eigenvalue weighted by Gasteiger charge is 2.02. The SMILES string of the molecule is CNC(=O)Nc1cccc(C(C)=O)c1. The van der Waals surface area contributed by atoms with Crippen LogP contribution in [0.2, 0.25) is 0 Å². The highest BCUT2D eigenvalue weighted by atomic mass is 16.2. The smallest absolute Gasteiger partial charge is 0.318 e. The average Bonchev–Trinajstić information content (AvgIpc) is 2.18. The van der Waals surface area contributed by atoms with Gasteiger partial charge < -0.3 is 10.6 Å². The van der Waals surface area contributed by atoms with E-state index in [1.807, 2.05) is 0 Å². The molecule has 0 aliphatic carbocycles. The molecule has 0 heterocycles. The second-order valence-electron chi connectivity index (χ2n) is 2.84. The van der Waals surface area contributed by atoms with Crippen molar-refractivity contribution in [2.75, 3.05) is 12.4 Å². The summed E-state index contributed by atoms with van der Waals surface area (Å²) in [6, 6.07) is 6.49. The molecule has 0 aliphatic heterocycles. The van der Waals surface area contributed by atoms with Crippen molar-refractivity contribution in [2.45, 2.75) is 6.92 Å². The summed E-state index contributed by atoms with van der Waals surface area (Å²) in [6.45, 7) is 1.49. The molecule has 4 nitrogen and oxygen atoms in total. The maximum absolute atomic E-state index is 11.0. The van der Waals surface area contributed by atoms with E-state index in [1.165, 1.54) is 14.0 Å². The fourth-order valence-electron chi connectivity index (χ4n) is 1.01. The monoisotopic (exact) mass is 192 g/mol. The van der Waals surface area contributed by atoms with Gasteiger partial charge in [0.2, 0.25) is 0 Å². The minimum absolute atomic E-state index is 0.0226. The molecule has 74 valence electrons. The van der Waals surface area contributed by atoms with Crippen LogP contribution >= 0.6 is 0 Å².